The Hall–Kier alpha value is -3.28. The SMILES string of the molecule is CCc1nn2cc1CCCc1cn(nc1CC)-c1cccc(n1)C(C)(C)c1cccc-2n1. The minimum atomic E-state index is -0.365. The summed E-state index contributed by atoms with van der Waals surface area (Å²) in [6.45, 7) is 8.69. The molecule has 0 spiro atoms. The molecule has 4 aromatic rings. The maximum Gasteiger partial charge on any atom is 0.153 e. The standard InChI is InChI=1S/C26H30N6/c1-5-20-18-10-7-11-19-17-32(30-21(19)6-2)25-15-9-13-23(28-25)26(3,4)22-12-8-14-24(27-22)31(16-18)29-20/h8-9,12-17H,5-7,10-11H2,1-4H3. The van der Waals surface area contributed by atoms with Crippen molar-refractivity contribution >= 4 is 0 Å². The summed E-state index contributed by atoms with van der Waals surface area (Å²) in [4.78, 5) is 10.0. The second-order valence-electron chi connectivity index (χ2n) is 9.04. The summed E-state index contributed by atoms with van der Waals surface area (Å²) < 4.78 is 3.89. The highest BCUT2D eigenvalue weighted by molar-refractivity contribution is 5.37. The van der Waals surface area contributed by atoms with Gasteiger partial charge in [0.15, 0.2) is 11.6 Å². The van der Waals surface area contributed by atoms with E-state index in [0.29, 0.717) is 0 Å². The van der Waals surface area contributed by atoms with Gasteiger partial charge < -0.3 is 0 Å². The summed E-state index contributed by atoms with van der Waals surface area (Å²) in [6.07, 6.45) is 9.21. The van der Waals surface area contributed by atoms with E-state index >= 15 is 0 Å². The van der Waals surface area contributed by atoms with Gasteiger partial charge in [-0.15, -0.1) is 0 Å². The third kappa shape index (κ3) is 3.53. The molecule has 0 fully saturated rings. The zero-order valence-electron chi connectivity index (χ0n) is 19.3. The smallest absolute Gasteiger partial charge is 0.153 e. The summed E-state index contributed by atoms with van der Waals surface area (Å²) in [6, 6.07) is 12.3. The second-order valence-corrected chi connectivity index (χ2v) is 9.04. The van der Waals surface area contributed by atoms with Crippen LogP contribution in [0.15, 0.2) is 48.8 Å². The van der Waals surface area contributed by atoms with Crippen molar-refractivity contribution in [1.82, 2.24) is 29.5 Å². The second kappa shape index (κ2) is 8.01. The summed E-state index contributed by atoms with van der Waals surface area (Å²) in [5.74, 6) is 1.70. The van der Waals surface area contributed by atoms with E-state index in [1.54, 1.807) is 0 Å². The Morgan fingerprint density at radius 3 is 1.66 bits per heavy atom. The van der Waals surface area contributed by atoms with Gasteiger partial charge in [-0.3, -0.25) is 0 Å². The van der Waals surface area contributed by atoms with Crippen LogP contribution in [-0.2, 0) is 31.1 Å². The number of aryl methyl sites for hydroxylation is 4. The number of aromatic nitrogens is 6. The van der Waals surface area contributed by atoms with Crippen molar-refractivity contribution in [3.05, 3.63) is 82.7 Å². The molecule has 32 heavy (non-hydrogen) atoms. The number of hydrogen-bond donors (Lipinski definition) is 0. The third-order valence-electron chi connectivity index (χ3n) is 6.54. The van der Waals surface area contributed by atoms with Crippen LogP contribution < -0.4 is 0 Å². The molecule has 0 N–H and O–H groups in total. The average molecular weight is 427 g/mol. The fraction of sp³-hybridized carbons (Fsp3) is 0.385. The van der Waals surface area contributed by atoms with Crippen LogP contribution in [-0.4, -0.2) is 29.5 Å². The minimum Gasteiger partial charge on any atom is -0.233 e. The first-order chi connectivity index (χ1) is 15.5. The van der Waals surface area contributed by atoms with E-state index in [4.69, 9.17) is 20.2 Å². The molecular weight excluding hydrogens is 396 g/mol. The van der Waals surface area contributed by atoms with E-state index in [2.05, 4.69) is 64.4 Å². The first-order valence-electron chi connectivity index (χ1n) is 11.6. The van der Waals surface area contributed by atoms with Crippen molar-refractivity contribution in [3.8, 4) is 11.6 Å². The summed E-state index contributed by atoms with van der Waals surface area (Å²) >= 11 is 0. The highest BCUT2D eigenvalue weighted by Gasteiger charge is 2.27. The Labute approximate surface area is 189 Å². The highest BCUT2D eigenvalue weighted by Crippen LogP contribution is 2.30. The number of pyridine rings is 2. The van der Waals surface area contributed by atoms with Crippen LogP contribution in [0, 0.1) is 0 Å². The summed E-state index contributed by atoms with van der Waals surface area (Å²) in [7, 11) is 0. The van der Waals surface area contributed by atoms with Crippen molar-refractivity contribution in [1.29, 1.82) is 0 Å². The number of rotatable bonds is 2. The molecular formula is C26H30N6. The Kier molecular flexibility index (Phi) is 5.16. The van der Waals surface area contributed by atoms with Crippen molar-refractivity contribution in [2.24, 2.45) is 0 Å². The van der Waals surface area contributed by atoms with Crippen molar-refractivity contribution in [3.63, 3.8) is 0 Å². The Morgan fingerprint density at radius 2 is 1.22 bits per heavy atom. The molecule has 0 atom stereocenters. The number of fused-ring (bicyclic) bond motifs is 10. The van der Waals surface area contributed by atoms with Gasteiger partial charge in [0.25, 0.3) is 0 Å². The minimum absolute atomic E-state index is 0.365. The fourth-order valence-electron chi connectivity index (χ4n) is 4.54. The maximum atomic E-state index is 5.01. The predicted molar refractivity (Wildman–Crippen MR) is 126 cm³/mol. The topological polar surface area (TPSA) is 61.4 Å². The molecule has 1 aliphatic heterocycles. The Morgan fingerprint density at radius 1 is 0.750 bits per heavy atom. The van der Waals surface area contributed by atoms with Gasteiger partial charge in [-0.25, -0.2) is 19.3 Å². The molecule has 6 nitrogen and oxygen atoms in total. The largest absolute Gasteiger partial charge is 0.233 e. The van der Waals surface area contributed by atoms with E-state index in [1.807, 2.05) is 21.5 Å². The molecule has 0 radical (unpaired) electrons. The number of nitrogens with zero attached hydrogens (tertiary/aromatic N) is 6. The van der Waals surface area contributed by atoms with Gasteiger partial charge >= 0.3 is 0 Å². The number of hydrogen-bond acceptors (Lipinski definition) is 4. The van der Waals surface area contributed by atoms with Gasteiger partial charge in [0.05, 0.1) is 22.8 Å². The molecule has 1 aliphatic rings. The van der Waals surface area contributed by atoms with Crippen LogP contribution in [0.3, 0.4) is 0 Å². The molecule has 5 rings (SSSR count). The normalized spacial score (nSPS) is 15.0. The quantitative estimate of drug-likeness (QED) is 0.462. The zero-order chi connectivity index (χ0) is 22.3. The average Bonchev–Trinajstić information content (AvgIpc) is 3.43. The molecule has 8 bridgehead atoms. The lowest BCUT2D eigenvalue weighted by molar-refractivity contribution is 0.588. The maximum absolute atomic E-state index is 5.01. The fourth-order valence-corrected chi connectivity index (χ4v) is 4.54. The van der Waals surface area contributed by atoms with Crippen LogP contribution in [0.1, 0.15) is 68.0 Å². The molecule has 5 heterocycles. The lowest BCUT2D eigenvalue weighted by Crippen LogP contribution is -2.23. The first-order valence-corrected chi connectivity index (χ1v) is 11.6. The van der Waals surface area contributed by atoms with Crippen molar-refractivity contribution in [2.45, 2.75) is 65.2 Å². The molecule has 4 aromatic heterocycles. The van der Waals surface area contributed by atoms with Crippen molar-refractivity contribution in [2.75, 3.05) is 0 Å². The van der Waals surface area contributed by atoms with E-state index in [9.17, 15) is 0 Å². The molecule has 0 saturated carbocycles. The van der Waals surface area contributed by atoms with Gasteiger partial charge in [-0.05, 0) is 81.3 Å². The molecule has 0 aromatic carbocycles. The van der Waals surface area contributed by atoms with Gasteiger partial charge in [-0.1, -0.05) is 26.0 Å². The van der Waals surface area contributed by atoms with Crippen LogP contribution in [0.25, 0.3) is 11.6 Å². The van der Waals surface area contributed by atoms with E-state index in [1.165, 1.54) is 11.1 Å². The lowest BCUT2D eigenvalue weighted by Gasteiger charge is -2.24. The van der Waals surface area contributed by atoms with Crippen LogP contribution in [0.4, 0.5) is 0 Å². The van der Waals surface area contributed by atoms with Gasteiger partial charge in [0.1, 0.15) is 0 Å². The predicted octanol–water partition coefficient (Wildman–Crippen LogP) is 4.79. The Balaban J connectivity index is 1.70. The lowest BCUT2D eigenvalue weighted by atomic mass is 9.84. The van der Waals surface area contributed by atoms with E-state index < -0.39 is 0 Å². The van der Waals surface area contributed by atoms with E-state index in [-0.39, 0.29) is 5.41 Å². The molecule has 0 aliphatic carbocycles. The molecule has 0 amide bonds. The monoisotopic (exact) mass is 426 g/mol. The molecule has 6 heteroatoms. The van der Waals surface area contributed by atoms with Crippen LogP contribution in [0.5, 0.6) is 0 Å². The summed E-state index contributed by atoms with van der Waals surface area (Å²) in [5, 5.41) is 9.75. The van der Waals surface area contributed by atoms with Crippen LogP contribution >= 0.6 is 0 Å². The van der Waals surface area contributed by atoms with E-state index in [0.717, 1.165) is 66.5 Å². The zero-order valence-corrected chi connectivity index (χ0v) is 19.3. The van der Waals surface area contributed by atoms with Gasteiger partial charge in [0.2, 0.25) is 0 Å². The molecule has 0 unspecified atom stereocenters. The van der Waals surface area contributed by atoms with Gasteiger partial charge in [0, 0.05) is 17.8 Å². The Bertz CT molecular complexity index is 1170. The first kappa shape index (κ1) is 20.6. The molecule has 164 valence electrons. The van der Waals surface area contributed by atoms with Gasteiger partial charge in [-0.2, -0.15) is 10.2 Å². The third-order valence-corrected chi connectivity index (χ3v) is 6.54. The summed E-state index contributed by atoms with van der Waals surface area (Å²) in [5.41, 5.74) is 6.50. The highest BCUT2D eigenvalue weighted by atomic mass is 15.3. The van der Waals surface area contributed by atoms with Crippen molar-refractivity contribution < 1.29 is 0 Å². The van der Waals surface area contributed by atoms with Crippen LogP contribution in [0.2, 0.25) is 0 Å². The molecule has 0 saturated heterocycles.